The molecule has 4 nitrogen and oxygen atoms in total. The fourth-order valence-corrected chi connectivity index (χ4v) is 3.62. The number of carbonyl (C=O) groups is 1. The van der Waals surface area contributed by atoms with Gasteiger partial charge in [-0.1, -0.05) is 12.1 Å². The second-order valence-electron chi connectivity index (χ2n) is 6.24. The smallest absolute Gasteiger partial charge is 0.230 e. The Labute approximate surface area is 126 Å². The molecule has 2 saturated heterocycles. The lowest BCUT2D eigenvalue weighted by atomic mass is 9.73. The second-order valence-corrected chi connectivity index (χ2v) is 6.24. The molecule has 0 bridgehead atoms. The van der Waals surface area contributed by atoms with Crippen LogP contribution in [0, 0.1) is 5.41 Å². The minimum Gasteiger partial charge on any atom is -0.497 e. The molecule has 3 rings (SSSR count). The van der Waals surface area contributed by atoms with E-state index in [9.17, 15) is 4.79 Å². The molecule has 2 aliphatic rings. The van der Waals surface area contributed by atoms with Gasteiger partial charge in [0, 0.05) is 19.6 Å². The predicted molar refractivity (Wildman–Crippen MR) is 82.2 cm³/mol. The molecule has 2 aliphatic heterocycles. The van der Waals surface area contributed by atoms with Crippen LogP contribution in [0.2, 0.25) is 0 Å². The number of hydrogen-bond donors (Lipinski definition) is 1. The minimum absolute atomic E-state index is 0.136. The van der Waals surface area contributed by atoms with Gasteiger partial charge in [0.2, 0.25) is 5.91 Å². The Morgan fingerprint density at radius 2 is 2.00 bits per heavy atom. The van der Waals surface area contributed by atoms with E-state index < -0.39 is 0 Å². The lowest BCUT2D eigenvalue weighted by Gasteiger charge is -2.44. The maximum absolute atomic E-state index is 12.9. The molecule has 1 amide bonds. The van der Waals surface area contributed by atoms with E-state index in [1.807, 2.05) is 29.2 Å². The molecule has 1 aromatic rings. The normalized spacial score (nSPS) is 26.1. The van der Waals surface area contributed by atoms with Crippen molar-refractivity contribution in [2.24, 2.45) is 5.41 Å². The van der Waals surface area contributed by atoms with Crippen LogP contribution in [0.25, 0.3) is 0 Å². The summed E-state index contributed by atoms with van der Waals surface area (Å²) in [4.78, 5) is 14.9. The van der Waals surface area contributed by atoms with Crippen LogP contribution in [-0.2, 0) is 11.3 Å². The average molecular weight is 288 g/mol. The fourth-order valence-electron chi connectivity index (χ4n) is 3.62. The number of likely N-dealkylation sites (tertiary alicyclic amines) is 1. The van der Waals surface area contributed by atoms with E-state index in [1.165, 1.54) is 5.56 Å². The van der Waals surface area contributed by atoms with Crippen molar-refractivity contribution >= 4 is 5.91 Å². The second kappa shape index (κ2) is 6.06. The molecule has 1 aromatic carbocycles. The number of rotatable bonds is 3. The van der Waals surface area contributed by atoms with Gasteiger partial charge in [0.05, 0.1) is 12.5 Å². The lowest BCUT2D eigenvalue weighted by molar-refractivity contribution is -0.148. The molecule has 0 aliphatic carbocycles. The van der Waals surface area contributed by atoms with Gasteiger partial charge in [0.25, 0.3) is 0 Å². The van der Waals surface area contributed by atoms with Crippen molar-refractivity contribution in [3.8, 4) is 5.75 Å². The zero-order valence-electron chi connectivity index (χ0n) is 12.7. The van der Waals surface area contributed by atoms with Gasteiger partial charge in [0.1, 0.15) is 5.75 Å². The number of piperidine rings is 2. The minimum atomic E-state index is -0.136. The van der Waals surface area contributed by atoms with Crippen LogP contribution in [0.5, 0.6) is 5.75 Å². The van der Waals surface area contributed by atoms with Gasteiger partial charge in [-0.2, -0.15) is 0 Å². The first-order valence-corrected chi connectivity index (χ1v) is 7.87. The summed E-state index contributed by atoms with van der Waals surface area (Å²) in [5, 5.41) is 3.41. The van der Waals surface area contributed by atoms with Crippen molar-refractivity contribution in [3.63, 3.8) is 0 Å². The van der Waals surface area contributed by atoms with Crippen LogP contribution in [0.1, 0.15) is 31.2 Å². The van der Waals surface area contributed by atoms with Gasteiger partial charge in [-0.15, -0.1) is 0 Å². The Morgan fingerprint density at radius 3 is 2.67 bits per heavy atom. The summed E-state index contributed by atoms with van der Waals surface area (Å²) >= 11 is 0. The summed E-state index contributed by atoms with van der Waals surface area (Å²) in [6.07, 6.45) is 4.31. The Morgan fingerprint density at radius 1 is 1.24 bits per heavy atom. The van der Waals surface area contributed by atoms with Crippen LogP contribution < -0.4 is 10.1 Å². The molecular weight excluding hydrogens is 264 g/mol. The molecule has 1 spiro atoms. The van der Waals surface area contributed by atoms with E-state index in [4.69, 9.17) is 4.74 Å². The molecule has 1 unspecified atom stereocenters. The van der Waals surface area contributed by atoms with E-state index >= 15 is 0 Å². The van der Waals surface area contributed by atoms with Gasteiger partial charge in [-0.3, -0.25) is 4.79 Å². The fraction of sp³-hybridized carbons (Fsp3) is 0.588. The highest BCUT2D eigenvalue weighted by molar-refractivity contribution is 5.84. The zero-order chi connectivity index (χ0) is 14.7. The molecule has 4 heteroatoms. The molecule has 0 aromatic heterocycles. The van der Waals surface area contributed by atoms with Gasteiger partial charge >= 0.3 is 0 Å². The van der Waals surface area contributed by atoms with Crippen LogP contribution in [-0.4, -0.2) is 37.6 Å². The largest absolute Gasteiger partial charge is 0.497 e. The first-order chi connectivity index (χ1) is 10.2. The highest BCUT2D eigenvalue weighted by Crippen LogP contribution is 2.37. The number of methoxy groups -OCH3 is 1. The molecule has 2 fully saturated rings. The third kappa shape index (κ3) is 2.91. The summed E-state index contributed by atoms with van der Waals surface area (Å²) in [5.41, 5.74) is 1.04. The van der Waals surface area contributed by atoms with E-state index in [2.05, 4.69) is 5.32 Å². The zero-order valence-corrected chi connectivity index (χ0v) is 12.7. The van der Waals surface area contributed by atoms with Crippen molar-refractivity contribution in [3.05, 3.63) is 29.8 Å². The van der Waals surface area contributed by atoms with Crippen LogP contribution >= 0.6 is 0 Å². The van der Waals surface area contributed by atoms with Gasteiger partial charge in [-0.25, -0.2) is 0 Å². The third-order valence-electron chi connectivity index (χ3n) is 4.83. The summed E-state index contributed by atoms with van der Waals surface area (Å²) in [7, 11) is 1.67. The highest BCUT2D eigenvalue weighted by Gasteiger charge is 2.44. The maximum Gasteiger partial charge on any atom is 0.230 e. The molecule has 2 heterocycles. The maximum atomic E-state index is 12.9. The topological polar surface area (TPSA) is 41.6 Å². The molecular formula is C17H24N2O2. The summed E-state index contributed by atoms with van der Waals surface area (Å²) in [6.45, 7) is 3.50. The summed E-state index contributed by atoms with van der Waals surface area (Å²) in [5.74, 6) is 1.20. The first kappa shape index (κ1) is 14.4. The molecule has 114 valence electrons. The van der Waals surface area contributed by atoms with Crippen molar-refractivity contribution in [2.75, 3.05) is 26.7 Å². The Balaban J connectivity index is 1.70. The van der Waals surface area contributed by atoms with Gasteiger partial charge in [0.15, 0.2) is 0 Å². The number of hydrogen-bond acceptors (Lipinski definition) is 3. The Kier molecular flexibility index (Phi) is 4.15. The van der Waals surface area contributed by atoms with Gasteiger partial charge in [-0.05, 0) is 49.9 Å². The number of nitrogens with one attached hydrogen (secondary N) is 1. The van der Waals surface area contributed by atoms with Crippen LogP contribution in [0.3, 0.4) is 0 Å². The van der Waals surface area contributed by atoms with Crippen molar-refractivity contribution in [1.29, 1.82) is 0 Å². The van der Waals surface area contributed by atoms with Crippen LogP contribution in [0.4, 0.5) is 0 Å². The number of ether oxygens (including phenoxy) is 1. The monoisotopic (exact) mass is 288 g/mol. The molecule has 1 atom stereocenters. The Hall–Kier alpha value is -1.55. The quantitative estimate of drug-likeness (QED) is 0.927. The molecule has 1 N–H and O–H groups in total. The number of amides is 1. The number of carbonyl (C=O) groups excluding carboxylic acids is 1. The first-order valence-electron chi connectivity index (χ1n) is 7.87. The molecule has 0 saturated carbocycles. The average Bonchev–Trinajstić information content (AvgIpc) is 2.54. The molecule has 0 radical (unpaired) electrons. The van der Waals surface area contributed by atoms with E-state index in [0.29, 0.717) is 12.5 Å². The summed E-state index contributed by atoms with van der Waals surface area (Å²) in [6, 6.07) is 8.02. The van der Waals surface area contributed by atoms with E-state index in [1.54, 1.807) is 7.11 Å². The van der Waals surface area contributed by atoms with Crippen LogP contribution in [0.15, 0.2) is 24.3 Å². The van der Waals surface area contributed by atoms with Crippen molar-refractivity contribution in [2.45, 2.75) is 32.2 Å². The summed E-state index contributed by atoms with van der Waals surface area (Å²) < 4.78 is 5.18. The third-order valence-corrected chi connectivity index (χ3v) is 4.83. The SMILES string of the molecule is COc1ccc(CN2CCCC3(CCCNC3)C2=O)cc1. The van der Waals surface area contributed by atoms with E-state index in [-0.39, 0.29) is 5.41 Å². The predicted octanol–water partition coefficient (Wildman–Crippen LogP) is 2.19. The molecule has 21 heavy (non-hydrogen) atoms. The highest BCUT2D eigenvalue weighted by atomic mass is 16.5. The Bertz CT molecular complexity index is 487. The van der Waals surface area contributed by atoms with E-state index in [0.717, 1.165) is 51.1 Å². The van der Waals surface area contributed by atoms with Crippen molar-refractivity contribution < 1.29 is 9.53 Å². The van der Waals surface area contributed by atoms with Crippen molar-refractivity contribution in [1.82, 2.24) is 10.2 Å². The number of benzene rings is 1. The van der Waals surface area contributed by atoms with Gasteiger partial charge < -0.3 is 15.0 Å². The lowest BCUT2D eigenvalue weighted by Crippen LogP contribution is -2.54. The number of nitrogens with zero attached hydrogens (tertiary/aromatic N) is 1. The standard InChI is InChI=1S/C17H24N2O2/c1-21-15-6-4-14(5-7-15)12-19-11-3-9-17(16(19)20)8-2-10-18-13-17/h4-7,18H,2-3,8-13H2,1H3.